The second-order valence-electron chi connectivity index (χ2n) is 3.74. The van der Waals surface area contributed by atoms with Gasteiger partial charge < -0.3 is 15.7 Å². The summed E-state index contributed by atoms with van der Waals surface area (Å²) < 4.78 is 5.38. The first kappa shape index (κ1) is 11.3. The van der Waals surface area contributed by atoms with Crippen molar-refractivity contribution in [3.05, 3.63) is 0 Å². The zero-order valence-electron chi connectivity index (χ0n) is 8.81. The minimum atomic E-state index is -0.0494. The summed E-state index contributed by atoms with van der Waals surface area (Å²) >= 11 is 0. The molecule has 82 valence electrons. The molecule has 0 spiro atoms. The van der Waals surface area contributed by atoms with E-state index in [1.807, 2.05) is 14.0 Å². The molecule has 0 radical (unpaired) electrons. The first-order valence-electron chi connectivity index (χ1n) is 4.94. The highest BCUT2D eigenvalue weighted by Gasteiger charge is 2.24. The number of hydrogen-bond acceptors (Lipinski definition) is 4. The summed E-state index contributed by atoms with van der Waals surface area (Å²) in [5, 5.41) is 11.6. The normalized spacial score (nSPS) is 26.5. The molecule has 1 aliphatic rings. The standard InChI is InChI=1S/C9H19N3O2/c1-7(9(10)11-13)12(2)8-4-3-5-14-6-8/h7-8,13H,3-6H2,1-2H3,(H2,10,11). The van der Waals surface area contributed by atoms with Gasteiger partial charge in [0.15, 0.2) is 5.84 Å². The second kappa shape index (κ2) is 5.17. The third-order valence-electron chi connectivity index (χ3n) is 2.87. The summed E-state index contributed by atoms with van der Waals surface area (Å²) in [5.74, 6) is 0.248. The molecule has 3 N–H and O–H groups in total. The minimum absolute atomic E-state index is 0.0494. The molecule has 0 aliphatic carbocycles. The van der Waals surface area contributed by atoms with Crippen LogP contribution in [0.4, 0.5) is 0 Å². The van der Waals surface area contributed by atoms with E-state index in [4.69, 9.17) is 15.7 Å². The molecule has 0 bridgehead atoms. The van der Waals surface area contributed by atoms with Crippen LogP contribution < -0.4 is 5.73 Å². The molecule has 0 aromatic heterocycles. The van der Waals surface area contributed by atoms with Crippen molar-refractivity contribution in [3.8, 4) is 0 Å². The Balaban J connectivity index is 2.49. The summed E-state index contributed by atoms with van der Waals surface area (Å²) in [4.78, 5) is 2.09. The highest BCUT2D eigenvalue weighted by Crippen LogP contribution is 2.14. The minimum Gasteiger partial charge on any atom is -0.409 e. The van der Waals surface area contributed by atoms with Crippen molar-refractivity contribution in [2.75, 3.05) is 20.3 Å². The van der Waals surface area contributed by atoms with Crippen LogP contribution in [0.5, 0.6) is 0 Å². The zero-order valence-corrected chi connectivity index (χ0v) is 8.81. The molecule has 0 aromatic carbocycles. The summed E-state index contributed by atoms with van der Waals surface area (Å²) in [6.45, 7) is 3.51. The summed E-state index contributed by atoms with van der Waals surface area (Å²) in [6, 6.07) is 0.325. The van der Waals surface area contributed by atoms with Crippen molar-refractivity contribution in [2.24, 2.45) is 10.9 Å². The maximum atomic E-state index is 8.56. The molecule has 0 aromatic rings. The van der Waals surface area contributed by atoms with Crippen LogP contribution in [0.3, 0.4) is 0 Å². The Hall–Kier alpha value is -0.810. The van der Waals surface area contributed by atoms with Gasteiger partial charge in [0, 0.05) is 12.6 Å². The van der Waals surface area contributed by atoms with Crippen molar-refractivity contribution in [2.45, 2.75) is 31.8 Å². The van der Waals surface area contributed by atoms with E-state index < -0.39 is 0 Å². The van der Waals surface area contributed by atoms with Gasteiger partial charge in [-0.15, -0.1) is 0 Å². The van der Waals surface area contributed by atoms with E-state index in [1.165, 1.54) is 0 Å². The average molecular weight is 201 g/mol. The molecule has 1 rings (SSSR count). The van der Waals surface area contributed by atoms with Crippen molar-refractivity contribution >= 4 is 5.84 Å². The Morgan fingerprint density at radius 1 is 1.71 bits per heavy atom. The summed E-state index contributed by atoms with van der Waals surface area (Å²) in [5.41, 5.74) is 5.54. The van der Waals surface area contributed by atoms with Crippen LogP contribution in [-0.2, 0) is 4.74 Å². The van der Waals surface area contributed by atoms with Gasteiger partial charge >= 0.3 is 0 Å². The van der Waals surface area contributed by atoms with Crippen LogP contribution in [0.25, 0.3) is 0 Å². The molecular formula is C9H19N3O2. The molecule has 2 unspecified atom stereocenters. The van der Waals surface area contributed by atoms with Gasteiger partial charge in [0.1, 0.15) is 0 Å². The molecule has 1 fully saturated rings. The number of nitrogens with two attached hydrogens (primary N) is 1. The third-order valence-corrected chi connectivity index (χ3v) is 2.87. The molecule has 5 heteroatoms. The van der Waals surface area contributed by atoms with Gasteiger partial charge in [0.05, 0.1) is 12.6 Å². The highest BCUT2D eigenvalue weighted by molar-refractivity contribution is 5.84. The quantitative estimate of drug-likeness (QED) is 0.297. The molecule has 5 nitrogen and oxygen atoms in total. The molecule has 0 amide bonds. The fraction of sp³-hybridized carbons (Fsp3) is 0.889. The zero-order chi connectivity index (χ0) is 10.6. The largest absolute Gasteiger partial charge is 0.409 e. The van der Waals surface area contributed by atoms with E-state index in [9.17, 15) is 0 Å². The van der Waals surface area contributed by atoms with E-state index in [2.05, 4.69) is 10.1 Å². The molecule has 2 atom stereocenters. The van der Waals surface area contributed by atoms with Crippen LogP contribution in [0, 0.1) is 0 Å². The lowest BCUT2D eigenvalue weighted by molar-refractivity contribution is 0.0228. The van der Waals surface area contributed by atoms with E-state index >= 15 is 0 Å². The maximum absolute atomic E-state index is 8.56. The van der Waals surface area contributed by atoms with Gasteiger partial charge in [-0.2, -0.15) is 0 Å². The molecular weight excluding hydrogens is 182 g/mol. The van der Waals surface area contributed by atoms with Gasteiger partial charge in [-0.3, -0.25) is 4.90 Å². The number of likely N-dealkylation sites (N-methyl/N-ethyl adjacent to an activating group) is 1. The number of ether oxygens (including phenoxy) is 1. The van der Waals surface area contributed by atoms with Gasteiger partial charge in [0.25, 0.3) is 0 Å². The monoisotopic (exact) mass is 201 g/mol. The number of hydrogen-bond donors (Lipinski definition) is 2. The van der Waals surface area contributed by atoms with Crippen LogP contribution in [0.1, 0.15) is 19.8 Å². The van der Waals surface area contributed by atoms with Crippen molar-refractivity contribution in [3.63, 3.8) is 0 Å². The Morgan fingerprint density at radius 3 is 2.93 bits per heavy atom. The van der Waals surface area contributed by atoms with E-state index in [0.29, 0.717) is 6.04 Å². The number of amidine groups is 1. The van der Waals surface area contributed by atoms with E-state index in [-0.39, 0.29) is 11.9 Å². The first-order chi connectivity index (χ1) is 6.66. The van der Waals surface area contributed by atoms with E-state index in [0.717, 1.165) is 26.1 Å². The van der Waals surface area contributed by atoms with Crippen LogP contribution in [0.15, 0.2) is 5.16 Å². The highest BCUT2D eigenvalue weighted by atomic mass is 16.5. The van der Waals surface area contributed by atoms with Gasteiger partial charge in [-0.05, 0) is 26.8 Å². The predicted octanol–water partition coefficient (Wildman–Crippen LogP) is 0.232. The molecule has 0 saturated carbocycles. The van der Waals surface area contributed by atoms with Crippen molar-refractivity contribution in [1.82, 2.24) is 4.90 Å². The molecule has 14 heavy (non-hydrogen) atoms. The smallest absolute Gasteiger partial charge is 0.156 e. The van der Waals surface area contributed by atoms with Gasteiger partial charge in [-0.25, -0.2) is 0 Å². The van der Waals surface area contributed by atoms with Gasteiger partial charge in [0.2, 0.25) is 0 Å². The Bertz CT molecular complexity index is 202. The number of rotatable bonds is 3. The Morgan fingerprint density at radius 2 is 2.43 bits per heavy atom. The lowest BCUT2D eigenvalue weighted by Gasteiger charge is -2.34. The van der Waals surface area contributed by atoms with E-state index in [1.54, 1.807) is 0 Å². The number of nitrogens with zero attached hydrogens (tertiary/aromatic N) is 2. The Labute approximate surface area is 84.5 Å². The lowest BCUT2D eigenvalue weighted by Crippen LogP contribution is -2.48. The topological polar surface area (TPSA) is 71.1 Å². The fourth-order valence-electron chi connectivity index (χ4n) is 1.65. The summed E-state index contributed by atoms with van der Waals surface area (Å²) in [6.07, 6.45) is 2.19. The second-order valence-corrected chi connectivity index (χ2v) is 3.74. The van der Waals surface area contributed by atoms with Crippen molar-refractivity contribution in [1.29, 1.82) is 0 Å². The SMILES string of the molecule is CC(C(N)=NO)N(C)C1CCCOC1. The van der Waals surface area contributed by atoms with Crippen LogP contribution in [-0.4, -0.2) is 48.3 Å². The Kier molecular flexibility index (Phi) is 4.16. The maximum Gasteiger partial charge on any atom is 0.156 e. The lowest BCUT2D eigenvalue weighted by atomic mass is 10.1. The summed E-state index contributed by atoms with van der Waals surface area (Å²) in [7, 11) is 1.97. The van der Waals surface area contributed by atoms with Crippen LogP contribution >= 0.6 is 0 Å². The first-order valence-corrected chi connectivity index (χ1v) is 4.94. The third kappa shape index (κ3) is 2.59. The number of oxime groups is 1. The molecule has 1 aliphatic heterocycles. The van der Waals surface area contributed by atoms with Crippen molar-refractivity contribution < 1.29 is 9.94 Å². The average Bonchev–Trinajstić information content (AvgIpc) is 2.27. The fourth-order valence-corrected chi connectivity index (χ4v) is 1.65. The van der Waals surface area contributed by atoms with Crippen LogP contribution in [0.2, 0.25) is 0 Å². The van der Waals surface area contributed by atoms with Gasteiger partial charge in [-0.1, -0.05) is 5.16 Å². The molecule has 1 heterocycles. The predicted molar refractivity (Wildman–Crippen MR) is 54.5 cm³/mol. The molecule has 1 saturated heterocycles.